The van der Waals surface area contributed by atoms with Gasteiger partial charge in [0.25, 0.3) is 11.6 Å². The van der Waals surface area contributed by atoms with E-state index in [0.29, 0.717) is 27.6 Å². The van der Waals surface area contributed by atoms with E-state index in [4.69, 9.17) is 11.6 Å². The highest BCUT2D eigenvalue weighted by molar-refractivity contribution is 6.32. The fourth-order valence-corrected chi connectivity index (χ4v) is 2.50. The molecule has 0 fully saturated rings. The van der Waals surface area contributed by atoms with Gasteiger partial charge < -0.3 is 0 Å². The first kappa shape index (κ1) is 15.9. The Bertz CT molecular complexity index is 888. The van der Waals surface area contributed by atoms with E-state index in [-0.39, 0.29) is 11.6 Å². The van der Waals surface area contributed by atoms with Crippen LogP contribution in [-0.4, -0.2) is 16.5 Å². The minimum atomic E-state index is -0.477. The second kappa shape index (κ2) is 6.25. The van der Waals surface area contributed by atoms with Crippen molar-refractivity contribution in [2.24, 2.45) is 5.10 Å². The van der Waals surface area contributed by atoms with Gasteiger partial charge in [0.1, 0.15) is 0 Å². The number of nitrogens with zero attached hydrogens (tertiary/aromatic N) is 3. The van der Waals surface area contributed by atoms with Crippen LogP contribution in [0.5, 0.6) is 0 Å². The molecular weight excluding hydrogens is 330 g/mol. The Hall–Kier alpha value is -2.99. The number of nitro benzene ring substituents is 1. The number of para-hydroxylation sites is 1. The predicted molar refractivity (Wildman–Crippen MR) is 93.1 cm³/mol. The number of rotatable bonds is 3. The van der Waals surface area contributed by atoms with Gasteiger partial charge in [-0.1, -0.05) is 23.7 Å². The number of hydrazone groups is 1. The molecule has 0 N–H and O–H groups in total. The average molecular weight is 342 g/mol. The summed E-state index contributed by atoms with van der Waals surface area (Å²) >= 11 is 5.85. The molecule has 0 aliphatic carbocycles. The number of halogens is 1. The van der Waals surface area contributed by atoms with Gasteiger partial charge in [0, 0.05) is 11.1 Å². The van der Waals surface area contributed by atoms with E-state index in [9.17, 15) is 14.9 Å². The maximum Gasteiger partial charge on any atom is 0.280 e. The highest BCUT2D eigenvalue weighted by Gasteiger charge is 2.29. The quantitative estimate of drug-likeness (QED) is 0.480. The second-order valence-electron chi connectivity index (χ2n) is 5.15. The van der Waals surface area contributed by atoms with Crippen molar-refractivity contribution in [2.45, 2.75) is 6.92 Å². The summed E-state index contributed by atoms with van der Waals surface area (Å²) in [6.45, 7) is 1.69. The summed E-state index contributed by atoms with van der Waals surface area (Å²) in [5.41, 5.74) is 1.69. The van der Waals surface area contributed by atoms with Crippen LogP contribution in [0.3, 0.4) is 0 Å². The molecule has 0 saturated heterocycles. The van der Waals surface area contributed by atoms with Crippen LogP contribution >= 0.6 is 11.6 Å². The molecule has 1 aliphatic heterocycles. The van der Waals surface area contributed by atoms with E-state index in [0.717, 1.165) is 0 Å². The fourth-order valence-electron chi connectivity index (χ4n) is 2.37. The van der Waals surface area contributed by atoms with Crippen LogP contribution in [0.4, 0.5) is 11.4 Å². The minimum Gasteiger partial charge on any atom is -0.267 e. The first-order valence-corrected chi connectivity index (χ1v) is 7.46. The van der Waals surface area contributed by atoms with Crippen molar-refractivity contribution in [3.8, 4) is 0 Å². The van der Waals surface area contributed by atoms with Crippen molar-refractivity contribution in [1.29, 1.82) is 0 Å². The van der Waals surface area contributed by atoms with Crippen molar-refractivity contribution >= 4 is 40.7 Å². The molecule has 24 heavy (non-hydrogen) atoms. The zero-order chi connectivity index (χ0) is 17.3. The van der Waals surface area contributed by atoms with Crippen LogP contribution in [0.25, 0.3) is 6.08 Å². The molecule has 0 radical (unpaired) electrons. The Morgan fingerprint density at radius 1 is 1.17 bits per heavy atom. The lowest BCUT2D eigenvalue weighted by Crippen LogP contribution is -2.21. The predicted octanol–water partition coefficient (Wildman–Crippen LogP) is 4.05. The van der Waals surface area contributed by atoms with Crippen molar-refractivity contribution in [1.82, 2.24) is 0 Å². The first-order valence-electron chi connectivity index (χ1n) is 7.08. The van der Waals surface area contributed by atoms with Crippen LogP contribution < -0.4 is 5.01 Å². The Kier molecular flexibility index (Phi) is 4.14. The van der Waals surface area contributed by atoms with Gasteiger partial charge in [-0.2, -0.15) is 10.1 Å². The maximum absolute atomic E-state index is 12.6. The monoisotopic (exact) mass is 341 g/mol. The standard InChI is InChI=1S/C17H12ClN3O3/c1-11-15(10-12-4-2-3-5-16(12)21(23)24)17(22)20(19-11)14-8-6-13(18)7-9-14/h2-10H,1H3. The van der Waals surface area contributed by atoms with Crippen molar-refractivity contribution < 1.29 is 9.72 Å². The van der Waals surface area contributed by atoms with Crippen molar-refractivity contribution in [2.75, 3.05) is 5.01 Å². The zero-order valence-electron chi connectivity index (χ0n) is 12.6. The molecule has 7 heteroatoms. The van der Waals surface area contributed by atoms with Gasteiger partial charge in [-0.05, 0) is 43.3 Å². The smallest absolute Gasteiger partial charge is 0.267 e. The van der Waals surface area contributed by atoms with Gasteiger partial charge in [-0.3, -0.25) is 14.9 Å². The van der Waals surface area contributed by atoms with E-state index < -0.39 is 4.92 Å². The summed E-state index contributed by atoms with van der Waals surface area (Å²) in [6, 6.07) is 13.0. The molecule has 0 spiro atoms. The topological polar surface area (TPSA) is 75.8 Å². The highest BCUT2D eigenvalue weighted by Crippen LogP contribution is 2.28. The summed E-state index contributed by atoms with van der Waals surface area (Å²) in [5, 5.41) is 17.2. The molecule has 6 nitrogen and oxygen atoms in total. The molecule has 1 aliphatic rings. The van der Waals surface area contributed by atoms with Gasteiger partial charge in [-0.15, -0.1) is 0 Å². The number of hydrogen-bond donors (Lipinski definition) is 0. The van der Waals surface area contributed by atoms with Crippen LogP contribution in [0.15, 0.2) is 59.2 Å². The largest absolute Gasteiger partial charge is 0.280 e. The average Bonchev–Trinajstić information content (AvgIpc) is 2.84. The van der Waals surface area contributed by atoms with Gasteiger partial charge in [0.05, 0.1) is 27.5 Å². The van der Waals surface area contributed by atoms with Crippen molar-refractivity contribution in [3.05, 3.63) is 74.8 Å². The van der Waals surface area contributed by atoms with Crippen LogP contribution in [0.1, 0.15) is 12.5 Å². The molecule has 0 aromatic heterocycles. The molecule has 0 bridgehead atoms. The van der Waals surface area contributed by atoms with Gasteiger partial charge >= 0.3 is 0 Å². The molecule has 2 aromatic carbocycles. The second-order valence-corrected chi connectivity index (χ2v) is 5.59. The summed E-state index contributed by atoms with van der Waals surface area (Å²) in [5.74, 6) is -0.340. The minimum absolute atomic E-state index is 0.0597. The summed E-state index contributed by atoms with van der Waals surface area (Å²) < 4.78 is 0. The number of anilines is 1. The molecular formula is C17H12ClN3O3. The number of nitro groups is 1. The molecule has 0 unspecified atom stereocenters. The van der Waals surface area contributed by atoms with E-state index in [1.165, 1.54) is 17.2 Å². The third-order valence-corrected chi connectivity index (χ3v) is 3.82. The molecule has 120 valence electrons. The Balaban J connectivity index is 1.99. The van der Waals surface area contributed by atoms with E-state index in [2.05, 4.69) is 5.10 Å². The maximum atomic E-state index is 12.6. The van der Waals surface area contributed by atoms with Crippen molar-refractivity contribution in [3.63, 3.8) is 0 Å². The number of amides is 1. The Morgan fingerprint density at radius 3 is 2.50 bits per heavy atom. The number of hydrogen-bond acceptors (Lipinski definition) is 4. The third kappa shape index (κ3) is 2.91. The third-order valence-electron chi connectivity index (χ3n) is 3.57. The number of carbonyl (C=O) groups is 1. The fraction of sp³-hybridized carbons (Fsp3) is 0.0588. The molecule has 0 saturated carbocycles. The summed E-state index contributed by atoms with van der Waals surface area (Å²) in [6.07, 6.45) is 1.50. The normalized spacial score (nSPS) is 15.8. The SMILES string of the molecule is CC1=NN(c2ccc(Cl)cc2)C(=O)C1=Cc1ccccc1[N+](=O)[O-]. The molecule has 1 heterocycles. The van der Waals surface area contributed by atoms with Gasteiger partial charge in [-0.25, -0.2) is 0 Å². The Labute approximate surface area is 142 Å². The number of carbonyl (C=O) groups excluding carboxylic acids is 1. The lowest BCUT2D eigenvalue weighted by molar-refractivity contribution is -0.385. The summed E-state index contributed by atoms with van der Waals surface area (Å²) in [7, 11) is 0. The van der Waals surface area contributed by atoms with E-state index in [1.54, 1.807) is 49.4 Å². The molecule has 2 aromatic rings. The number of benzene rings is 2. The molecule has 1 amide bonds. The highest BCUT2D eigenvalue weighted by atomic mass is 35.5. The van der Waals surface area contributed by atoms with Gasteiger partial charge in [0.15, 0.2) is 0 Å². The van der Waals surface area contributed by atoms with Crippen LogP contribution in [-0.2, 0) is 4.79 Å². The molecule has 3 rings (SSSR count). The first-order chi connectivity index (χ1) is 11.5. The van der Waals surface area contributed by atoms with Crippen LogP contribution in [0.2, 0.25) is 5.02 Å². The van der Waals surface area contributed by atoms with Crippen LogP contribution in [0, 0.1) is 10.1 Å². The summed E-state index contributed by atoms with van der Waals surface area (Å²) in [4.78, 5) is 23.3. The zero-order valence-corrected chi connectivity index (χ0v) is 13.4. The lowest BCUT2D eigenvalue weighted by atomic mass is 10.1. The molecule has 0 atom stereocenters. The lowest BCUT2D eigenvalue weighted by Gasteiger charge is -2.11. The van der Waals surface area contributed by atoms with E-state index >= 15 is 0 Å². The van der Waals surface area contributed by atoms with E-state index in [1.807, 2.05) is 0 Å². The van der Waals surface area contributed by atoms with Gasteiger partial charge in [0.2, 0.25) is 0 Å². The Morgan fingerprint density at radius 2 is 1.83 bits per heavy atom.